The van der Waals surface area contributed by atoms with Crippen LogP contribution in [0.5, 0.6) is 11.5 Å². The maximum absolute atomic E-state index is 5.39. The van der Waals surface area contributed by atoms with E-state index >= 15 is 0 Å². The number of nitrogens with zero attached hydrogens (tertiary/aromatic N) is 1. The lowest BCUT2D eigenvalue weighted by molar-refractivity contribution is 0.391. The summed E-state index contributed by atoms with van der Waals surface area (Å²) in [4.78, 5) is 4.66. The zero-order chi connectivity index (χ0) is 14.6. The number of aliphatic imine (C=N–C) groups is 1. The molecule has 1 aliphatic rings. The molecule has 20 heavy (non-hydrogen) atoms. The first kappa shape index (κ1) is 15.0. The maximum atomic E-state index is 5.39. The molecule has 0 unspecified atom stereocenters. The molecule has 4 nitrogen and oxygen atoms in total. The smallest absolute Gasteiger partial charge is 0.157 e. The van der Waals surface area contributed by atoms with Crippen LogP contribution in [-0.4, -0.2) is 30.7 Å². The Kier molecular flexibility index (Phi) is 4.81. The van der Waals surface area contributed by atoms with Crippen molar-refractivity contribution in [3.8, 4) is 11.5 Å². The summed E-state index contributed by atoms with van der Waals surface area (Å²) in [5, 5.41) is 4.48. The number of amidine groups is 1. The minimum absolute atomic E-state index is 0.133. The van der Waals surface area contributed by atoms with Crippen LogP contribution in [0.2, 0.25) is 0 Å². The molecule has 1 aliphatic heterocycles. The van der Waals surface area contributed by atoms with Gasteiger partial charge < -0.3 is 14.8 Å². The third kappa shape index (κ3) is 3.82. The predicted octanol–water partition coefficient (Wildman–Crippen LogP) is 3.06. The summed E-state index contributed by atoms with van der Waals surface area (Å²) in [6.07, 6.45) is 1.16. The molecule has 110 valence electrons. The SMILES string of the molecule is COc1ccc(CN=C2NC(C)(C)CCS2)c(OC)c1. The molecule has 1 fully saturated rings. The highest BCUT2D eigenvalue weighted by Gasteiger charge is 2.24. The number of ether oxygens (including phenoxy) is 2. The number of nitrogens with one attached hydrogen (secondary N) is 1. The molecule has 0 spiro atoms. The summed E-state index contributed by atoms with van der Waals surface area (Å²) in [6, 6.07) is 5.82. The number of methoxy groups -OCH3 is 2. The lowest BCUT2D eigenvalue weighted by Crippen LogP contribution is -2.46. The van der Waals surface area contributed by atoms with Crippen molar-refractivity contribution in [2.75, 3.05) is 20.0 Å². The van der Waals surface area contributed by atoms with Gasteiger partial charge in [-0.3, -0.25) is 4.99 Å². The van der Waals surface area contributed by atoms with Gasteiger partial charge >= 0.3 is 0 Å². The van der Waals surface area contributed by atoms with Gasteiger partial charge in [0.05, 0.1) is 20.8 Å². The van der Waals surface area contributed by atoms with E-state index in [0.717, 1.165) is 34.4 Å². The molecule has 1 aromatic rings. The van der Waals surface area contributed by atoms with Crippen LogP contribution in [0.15, 0.2) is 23.2 Å². The molecule has 0 bridgehead atoms. The van der Waals surface area contributed by atoms with Gasteiger partial charge in [-0.15, -0.1) is 0 Å². The van der Waals surface area contributed by atoms with Crippen LogP contribution in [-0.2, 0) is 6.54 Å². The van der Waals surface area contributed by atoms with E-state index in [-0.39, 0.29) is 5.54 Å². The summed E-state index contributed by atoms with van der Waals surface area (Å²) in [5.74, 6) is 2.72. The Bertz CT molecular complexity index is 501. The second-order valence-electron chi connectivity index (χ2n) is 5.41. The summed E-state index contributed by atoms with van der Waals surface area (Å²) >= 11 is 1.78. The summed E-state index contributed by atoms with van der Waals surface area (Å²) < 4.78 is 10.6. The van der Waals surface area contributed by atoms with Crippen LogP contribution >= 0.6 is 11.8 Å². The fourth-order valence-corrected chi connectivity index (χ4v) is 3.33. The average Bonchev–Trinajstić information content (AvgIpc) is 2.44. The Morgan fingerprint density at radius 1 is 1.30 bits per heavy atom. The predicted molar refractivity (Wildman–Crippen MR) is 85.0 cm³/mol. The van der Waals surface area contributed by atoms with Crippen molar-refractivity contribution >= 4 is 16.9 Å². The van der Waals surface area contributed by atoms with Gasteiger partial charge in [0, 0.05) is 22.9 Å². The van der Waals surface area contributed by atoms with E-state index < -0.39 is 0 Å². The number of benzene rings is 1. The first-order chi connectivity index (χ1) is 9.54. The van der Waals surface area contributed by atoms with Crippen LogP contribution < -0.4 is 14.8 Å². The Balaban J connectivity index is 2.10. The van der Waals surface area contributed by atoms with E-state index in [4.69, 9.17) is 9.47 Å². The second-order valence-corrected chi connectivity index (χ2v) is 6.49. The Labute approximate surface area is 125 Å². The molecule has 0 aliphatic carbocycles. The van der Waals surface area contributed by atoms with Gasteiger partial charge in [0.1, 0.15) is 11.5 Å². The Morgan fingerprint density at radius 2 is 2.10 bits per heavy atom. The fourth-order valence-electron chi connectivity index (χ4n) is 2.02. The van der Waals surface area contributed by atoms with Gasteiger partial charge in [0.25, 0.3) is 0 Å². The zero-order valence-electron chi connectivity index (χ0n) is 12.5. The van der Waals surface area contributed by atoms with E-state index in [0.29, 0.717) is 6.54 Å². The van der Waals surface area contributed by atoms with Crippen LogP contribution in [0.3, 0.4) is 0 Å². The molecule has 0 saturated carbocycles. The number of hydrogen-bond donors (Lipinski definition) is 1. The third-order valence-electron chi connectivity index (χ3n) is 3.30. The lowest BCUT2D eigenvalue weighted by Gasteiger charge is -2.32. The molecule has 0 radical (unpaired) electrons. The zero-order valence-corrected chi connectivity index (χ0v) is 13.3. The molecular weight excluding hydrogens is 272 g/mol. The maximum Gasteiger partial charge on any atom is 0.157 e. The van der Waals surface area contributed by atoms with Crippen molar-refractivity contribution in [1.82, 2.24) is 5.32 Å². The minimum atomic E-state index is 0.133. The molecular formula is C15H22N2O2S. The van der Waals surface area contributed by atoms with E-state index in [9.17, 15) is 0 Å². The molecule has 0 atom stereocenters. The molecule has 1 N–H and O–H groups in total. The number of rotatable bonds is 4. The van der Waals surface area contributed by atoms with Crippen LogP contribution in [0.4, 0.5) is 0 Å². The van der Waals surface area contributed by atoms with Gasteiger partial charge in [0.2, 0.25) is 0 Å². The van der Waals surface area contributed by atoms with Gasteiger partial charge in [-0.2, -0.15) is 0 Å². The lowest BCUT2D eigenvalue weighted by atomic mass is 10.0. The first-order valence-electron chi connectivity index (χ1n) is 6.70. The van der Waals surface area contributed by atoms with Crippen LogP contribution in [0.25, 0.3) is 0 Å². The molecule has 1 aromatic carbocycles. The molecule has 0 amide bonds. The van der Waals surface area contributed by atoms with Crippen molar-refractivity contribution < 1.29 is 9.47 Å². The largest absolute Gasteiger partial charge is 0.497 e. The van der Waals surface area contributed by atoms with Crippen molar-refractivity contribution in [2.24, 2.45) is 4.99 Å². The average molecular weight is 294 g/mol. The van der Waals surface area contributed by atoms with Crippen molar-refractivity contribution in [3.63, 3.8) is 0 Å². The highest BCUT2D eigenvalue weighted by molar-refractivity contribution is 8.13. The van der Waals surface area contributed by atoms with Gasteiger partial charge in [0.15, 0.2) is 5.17 Å². The normalized spacial score (nSPS) is 19.5. The standard InChI is InChI=1S/C15H22N2O2S/c1-15(2)7-8-20-14(17-15)16-10-11-5-6-12(18-3)9-13(11)19-4/h5-6,9H,7-8,10H2,1-4H3,(H,16,17). The van der Waals surface area contributed by atoms with E-state index in [2.05, 4.69) is 24.2 Å². The Hall–Kier alpha value is -1.36. The summed E-state index contributed by atoms with van der Waals surface area (Å²) in [5.41, 5.74) is 1.19. The van der Waals surface area contributed by atoms with Gasteiger partial charge in [-0.1, -0.05) is 11.8 Å². The highest BCUT2D eigenvalue weighted by atomic mass is 32.2. The summed E-state index contributed by atoms with van der Waals surface area (Å²) in [7, 11) is 3.32. The highest BCUT2D eigenvalue weighted by Crippen LogP contribution is 2.26. The van der Waals surface area contributed by atoms with Crippen LogP contribution in [0.1, 0.15) is 25.8 Å². The molecule has 5 heteroatoms. The minimum Gasteiger partial charge on any atom is -0.497 e. The number of hydrogen-bond acceptors (Lipinski definition) is 4. The quantitative estimate of drug-likeness (QED) is 0.927. The molecule has 2 rings (SSSR count). The van der Waals surface area contributed by atoms with Gasteiger partial charge in [-0.05, 0) is 32.4 Å². The third-order valence-corrected chi connectivity index (χ3v) is 4.21. The van der Waals surface area contributed by atoms with Crippen molar-refractivity contribution in [3.05, 3.63) is 23.8 Å². The summed E-state index contributed by atoms with van der Waals surface area (Å²) in [6.45, 7) is 5.02. The van der Waals surface area contributed by atoms with E-state index in [1.165, 1.54) is 0 Å². The topological polar surface area (TPSA) is 42.8 Å². The number of thioether (sulfide) groups is 1. The van der Waals surface area contributed by atoms with Crippen LogP contribution in [0, 0.1) is 0 Å². The second kappa shape index (κ2) is 6.39. The Morgan fingerprint density at radius 3 is 2.75 bits per heavy atom. The fraction of sp³-hybridized carbons (Fsp3) is 0.533. The molecule has 1 saturated heterocycles. The molecule has 1 heterocycles. The van der Waals surface area contributed by atoms with E-state index in [1.807, 2.05) is 18.2 Å². The first-order valence-corrected chi connectivity index (χ1v) is 7.69. The van der Waals surface area contributed by atoms with Crippen molar-refractivity contribution in [2.45, 2.75) is 32.4 Å². The van der Waals surface area contributed by atoms with Gasteiger partial charge in [-0.25, -0.2) is 0 Å². The molecule has 0 aromatic heterocycles. The van der Waals surface area contributed by atoms with E-state index in [1.54, 1.807) is 26.0 Å². The van der Waals surface area contributed by atoms with Crippen molar-refractivity contribution in [1.29, 1.82) is 0 Å². The monoisotopic (exact) mass is 294 g/mol.